The monoisotopic (exact) mass is 259 g/mol. The molecule has 5 heteroatoms. The van der Waals surface area contributed by atoms with Crippen LogP contribution >= 0.6 is 27.5 Å². The fraction of sp³-hybridized carbons (Fsp3) is 0. The lowest BCUT2D eigenvalue weighted by Crippen LogP contribution is -1.98. The van der Waals surface area contributed by atoms with E-state index >= 15 is 0 Å². The van der Waals surface area contributed by atoms with Crippen LogP contribution < -0.4 is 0 Å². The zero-order valence-corrected chi connectivity index (χ0v) is 8.56. The van der Waals surface area contributed by atoms with Crippen molar-refractivity contribution in [3.05, 3.63) is 32.8 Å². The number of halogens is 2. The van der Waals surface area contributed by atoms with Crippen molar-refractivity contribution in [1.29, 1.82) is 5.26 Å². The topological polar surface area (TPSA) is 61.1 Å². The van der Waals surface area contributed by atoms with Crippen LogP contribution in [0.3, 0.4) is 0 Å². The molecular weight excluding hydrogens is 257 g/mol. The fourth-order valence-corrected chi connectivity index (χ4v) is 1.48. The lowest BCUT2D eigenvalue weighted by Gasteiger charge is -2.01. The summed E-state index contributed by atoms with van der Waals surface area (Å²) in [5.41, 5.74) is 0.294. The van der Waals surface area contributed by atoms with Gasteiger partial charge in [-0.05, 0) is 28.1 Å². The van der Waals surface area contributed by atoms with Crippen molar-refractivity contribution in [3.8, 4) is 6.07 Å². The molecule has 1 N–H and O–H groups in total. The van der Waals surface area contributed by atoms with Crippen molar-refractivity contribution in [3.63, 3.8) is 0 Å². The third-order valence-electron chi connectivity index (χ3n) is 1.43. The highest BCUT2D eigenvalue weighted by Gasteiger charge is 2.13. The Labute approximate surface area is 87.7 Å². The summed E-state index contributed by atoms with van der Waals surface area (Å²) in [4.78, 5) is 10.6. The third-order valence-corrected chi connectivity index (χ3v) is 2.88. The second-order valence-electron chi connectivity index (χ2n) is 2.21. The molecular formula is C8H3BrClNO2. The normalized spacial score (nSPS) is 9.31. The number of carbonyl (C=O) groups is 1. The molecule has 0 fully saturated rings. The minimum atomic E-state index is -1.12. The quantitative estimate of drug-likeness (QED) is 0.844. The molecule has 0 saturated heterocycles. The Kier molecular flexibility index (Phi) is 2.91. The van der Waals surface area contributed by atoms with E-state index in [0.29, 0.717) is 10.0 Å². The summed E-state index contributed by atoms with van der Waals surface area (Å²) in [6, 6.07) is 4.58. The summed E-state index contributed by atoms with van der Waals surface area (Å²) in [5, 5.41) is 17.3. The van der Waals surface area contributed by atoms with Crippen molar-refractivity contribution in [2.24, 2.45) is 0 Å². The first-order chi connectivity index (χ1) is 6.07. The predicted octanol–water partition coefficient (Wildman–Crippen LogP) is 2.67. The summed E-state index contributed by atoms with van der Waals surface area (Å²) >= 11 is 8.74. The van der Waals surface area contributed by atoms with E-state index in [1.165, 1.54) is 12.1 Å². The van der Waals surface area contributed by atoms with Gasteiger partial charge in [0.2, 0.25) is 0 Å². The molecule has 0 heterocycles. The van der Waals surface area contributed by atoms with Crippen molar-refractivity contribution in [2.45, 2.75) is 0 Å². The van der Waals surface area contributed by atoms with E-state index in [9.17, 15) is 4.79 Å². The van der Waals surface area contributed by atoms with Crippen molar-refractivity contribution >= 4 is 33.5 Å². The number of rotatable bonds is 1. The van der Waals surface area contributed by atoms with E-state index in [4.69, 9.17) is 22.0 Å². The molecule has 13 heavy (non-hydrogen) atoms. The van der Waals surface area contributed by atoms with Gasteiger partial charge in [0.1, 0.15) is 6.07 Å². The summed E-state index contributed by atoms with van der Waals surface area (Å²) in [5.74, 6) is -1.12. The molecule has 1 aromatic rings. The van der Waals surface area contributed by atoms with Gasteiger partial charge in [-0.15, -0.1) is 0 Å². The standard InChI is InChI=1S/C8H3BrClNO2/c9-6-4(3-11)1-2-5(7(6)10)8(12)13/h1-2H,(H,12,13). The maximum absolute atomic E-state index is 10.6. The summed E-state index contributed by atoms with van der Waals surface area (Å²) < 4.78 is 0.316. The Morgan fingerprint density at radius 1 is 1.62 bits per heavy atom. The van der Waals surface area contributed by atoms with Crippen LogP contribution in [0.2, 0.25) is 5.02 Å². The molecule has 1 aromatic carbocycles. The average molecular weight is 260 g/mol. The lowest BCUT2D eigenvalue weighted by atomic mass is 10.1. The van der Waals surface area contributed by atoms with Crippen LogP contribution in [0.1, 0.15) is 15.9 Å². The predicted molar refractivity (Wildman–Crippen MR) is 50.8 cm³/mol. The van der Waals surface area contributed by atoms with Gasteiger partial charge in [-0.1, -0.05) is 11.6 Å². The van der Waals surface area contributed by atoms with Crippen LogP contribution in [0, 0.1) is 11.3 Å². The highest BCUT2D eigenvalue weighted by Crippen LogP contribution is 2.29. The van der Waals surface area contributed by atoms with Crippen molar-refractivity contribution < 1.29 is 9.90 Å². The van der Waals surface area contributed by atoms with Gasteiger partial charge < -0.3 is 5.11 Å². The van der Waals surface area contributed by atoms with Crippen molar-refractivity contribution in [1.82, 2.24) is 0 Å². The van der Waals surface area contributed by atoms with Gasteiger partial charge in [-0.3, -0.25) is 0 Å². The molecule has 66 valence electrons. The third kappa shape index (κ3) is 1.82. The number of benzene rings is 1. The highest BCUT2D eigenvalue weighted by atomic mass is 79.9. The molecule has 0 saturated carbocycles. The smallest absolute Gasteiger partial charge is 0.337 e. The molecule has 0 aliphatic heterocycles. The zero-order valence-electron chi connectivity index (χ0n) is 6.21. The number of nitrogens with zero attached hydrogens (tertiary/aromatic N) is 1. The summed E-state index contributed by atoms with van der Waals surface area (Å²) in [6.07, 6.45) is 0. The van der Waals surface area contributed by atoms with E-state index in [1.807, 2.05) is 6.07 Å². The van der Waals surface area contributed by atoms with E-state index in [0.717, 1.165) is 0 Å². The largest absolute Gasteiger partial charge is 0.478 e. The Balaban J connectivity index is 3.42. The number of carboxylic acid groups (broad SMARTS) is 1. The van der Waals surface area contributed by atoms with Gasteiger partial charge >= 0.3 is 5.97 Å². The minimum absolute atomic E-state index is 0.0208. The summed E-state index contributed by atoms with van der Waals surface area (Å²) in [7, 11) is 0. The van der Waals surface area contributed by atoms with Gasteiger partial charge in [0.15, 0.2) is 0 Å². The molecule has 0 radical (unpaired) electrons. The fourth-order valence-electron chi connectivity index (χ4n) is 0.801. The maximum Gasteiger partial charge on any atom is 0.337 e. The first-order valence-corrected chi connectivity index (χ1v) is 4.36. The molecule has 1 rings (SSSR count). The average Bonchev–Trinajstić information content (AvgIpc) is 2.09. The molecule has 0 amide bonds. The first kappa shape index (κ1) is 10.0. The molecule has 0 aliphatic rings. The van der Waals surface area contributed by atoms with Crippen LogP contribution in [-0.2, 0) is 0 Å². The van der Waals surface area contributed by atoms with Crippen LogP contribution in [-0.4, -0.2) is 11.1 Å². The molecule has 3 nitrogen and oxygen atoms in total. The van der Waals surface area contributed by atoms with Crippen LogP contribution in [0.15, 0.2) is 16.6 Å². The molecule has 0 aromatic heterocycles. The lowest BCUT2D eigenvalue weighted by molar-refractivity contribution is 0.0697. The molecule has 0 atom stereocenters. The zero-order chi connectivity index (χ0) is 10.0. The number of nitriles is 1. The van der Waals surface area contributed by atoms with Crippen LogP contribution in [0.4, 0.5) is 0 Å². The second-order valence-corrected chi connectivity index (χ2v) is 3.38. The second kappa shape index (κ2) is 3.77. The van der Waals surface area contributed by atoms with Crippen LogP contribution in [0.25, 0.3) is 0 Å². The van der Waals surface area contributed by atoms with Crippen LogP contribution in [0.5, 0.6) is 0 Å². The molecule has 0 aliphatic carbocycles. The number of carboxylic acids is 1. The van der Waals surface area contributed by atoms with Gasteiger partial charge in [-0.25, -0.2) is 4.79 Å². The first-order valence-electron chi connectivity index (χ1n) is 3.19. The Morgan fingerprint density at radius 3 is 2.69 bits per heavy atom. The van der Waals surface area contributed by atoms with Gasteiger partial charge in [-0.2, -0.15) is 5.26 Å². The highest BCUT2D eigenvalue weighted by molar-refractivity contribution is 9.10. The maximum atomic E-state index is 10.6. The van der Waals surface area contributed by atoms with E-state index in [-0.39, 0.29) is 10.6 Å². The minimum Gasteiger partial charge on any atom is -0.478 e. The van der Waals surface area contributed by atoms with E-state index in [2.05, 4.69) is 15.9 Å². The van der Waals surface area contributed by atoms with E-state index in [1.54, 1.807) is 0 Å². The van der Waals surface area contributed by atoms with Crippen molar-refractivity contribution in [2.75, 3.05) is 0 Å². The summed E-state index contributed by atoms with van der Waals surface area (Å²) in [6.45, 7) is 0. The van der Waals surface area contributed by atoms with Gasteiger partial charge in [0.25, 0.3) is 0 Å². The van der Waals surface area contributed by atoms with E-state index < -0.39 is 5.97 Å². The Morgan fingerprint density at radius 2 is 2.23 bits per heavy atom. The van der Waals surface area contributed by atoms with Gasteiger partial charge in [0, 0.05) is 0 Å². The Hall–Kier alpha value is -1.05. The number of hydrogen-bond acceptors (Lipinski definition) is 2. The Bertz CT molecular complexity index is 411. The molecule has 0 bridgehead atoms. The molecule has 0 spiro atoms. The molecule has 0 unspecified atom stereocenters. The number of hydrogen-bond donors (Lipinski definition) is 1. The van der Waals surface area contributed by atoms with Gasteiger partial charge in [0.05, 0.1) is 20.6 Å². The number of aromatic carboxylic acids is 1. The SMILES string of the molecule is N#Cc1ccc(C(=O)O)c(Cl)c1Br.